The topological polar surface area (TPSA) is 75.9 Å². The highest BCUT2D eigenvalue weighted by Crippen LogP contribution is 2.40. The Bertz CT molecular complexity index is 647. The second-order valence-electron chi connectivity index (χ2n) is 7.25. The van der Waals surface area contributed by atoms with Crippen molar-refractivity contribution < 1.29 is 18.7 Å². The van der Waals surface area contributed by atoms with E-state index in [9.17, 15) is 9.59 Å². The molecular weight excluding hydrogens is 322 g/mol. The number of aryl methyl sites for hydroxylation is 2. The monoisotopic (exact) mass is 349 g/mol. The van der Waals surface area contributed by atoms with Crippen LogP contribution in [0.15, 0.2) is 4.42 Å². The first-order valence-corrected chi connectivity index (χ1v) is 8.94. The van der Waals surface area contributed by atoms with E-state index in [1.165, 1.54) is 0 Å². The molecule has 0 unspecified atom stereocenters. The minimum absolute atomic E-state index is 0.0731. The summed E-state index contributed by atoms with van der Waals surface area (Å²) in [4.78, 5) is 32.8. The Morgan fingerprint density at radius 1 is 1.28 bits per heavy atom. The molecule has 2 fully saturated rings. The number of carbonyl (C=O) groups is 2. The Kier molecular flexibility index (Phi) is 5.13. The highest BCUT2D eigenvalue weighted by atomic mass is 16.5. The normalized spacial score (nSPS) is 20.4. The third-order valence-electron chi connectivity index (χ3n) is 5.52. The molecule has 0 aromatic carbocycles. The predicted molar refractivity (Wildman–Crippen MR) is 91.2 cm³/mol. The summed E-state index contributed by atoms with van der Waals surface area (Å²) in [6.07, 6.45) is 3.35. The average molecular weight is 349 g/mol. The Morgan fingerprint density at radius 2 is 2.00 bits per heavy atom. The second-order valence-corrected chi connectivity index (χ2v) is 7.25. The van der Waals surface area contributed by atoms with Crippen molar-refractivity contribution in [2.45, 2.75) is 39.5 Å². The molecule has 1 aromatic heterocycles. The van der Waals surface area contributed by atoms with Crippen LogP contribution >= 0.6 is 0 Å². The van der Waals surface area contributed by atoms with E-state index in [-0.39, 0.29) is 17.2 Å². The van der Waals surface area contributed by atoms with E-state index >= 15 is 0 Å². The Hall–Kier alpha value is -1.89. The maximum absolute atomic E-state index is 12.7. The van der Waals surface area contributed by atoms with Crippen LogP contribution in [0.3, 0.4) is 0 Å². The lowest BCUT2D eigenvalue weighted by atomic mass is 9.72. The summed E-state index contributed by atoms with van der Waals surface area (Å²) < 4.78 is 10.6. The summed E-state index contributed by atoms with van der Waals surface area (Å²) in [6, 6.07) is 0. The molecule has 0 atom stereocenters. The molecular formula is C18H27N3O4. The smallest absolute Gasteiger partial charge is 0.291 e. The number of hydrogen-bond donors (Lipinski definition) is 0. The lowest BCUT2D eigenvalue weighted by molar-refractivity contribution is -0.139. The van der Waals surface area contributed by atoms with E-state index in [2.05, 4.69) is 4.98 Å². The highest BCUT2D eigenvalue weighted by molar-refractivity contribution is 5.92. The fraction of sp³-hybridized carbons (Fsp3) is 0.722. The average Bonchev–Trinajstić information content (AvgIpc) is 2.94. The van der Waals surface area contributed by atoms with Crippen LogP contribution in [-0.4, -0.2) is 66.5 Å². The maximum Gasteiger partial charge on any atom is 0.291 e. The number of ether oxygens (including phenoxy) is 1. The maximum atomic E-state index is 12.7. The number of carbonyl (C=O) groups excluding carboxylic acids is 2. The molecule has 0 bridgehead atoms. The van der Waals surface area contributed by atoms with Crippen molar-refractivity contribution in [2.75, 3.05) is 39.9 Å². The van der Waals surface area contributed by atoms with Crippen molar-refractivity contribution in [1.29, 1.82) is 0 Å². The van der Waals surface area contributed by atoms with Crippen molar-refractivity contribution in [1.82, 2.24) is 14.8 Å². The van der Waals surface area contributed by atoms with Crippen LogP contribution in [0.1, 0.15) is 47.8 Å². The number of rotatable bonds is 4. The number of piperidine rings is 2. The zero-order chi connectivity index (χ0) is 18.0. The van der Waals surface area contributed by atoms with Gasteiger partial charge in [-0.2, -0.15) is 0 Å². The summed E-state index contributed by atoms with van der Waals surface area (Å²) in [7, 11) is 1.65. The van der Waals surface area contributed by atoms with Gasteiger partial charge in [0.1, 0.15) is 0 Å². The molecule has 0 saturated carbocycles. The van der Waals surface area contributed by atoms with Crippen molar-refractivity contribution in [2.24, 2.45) is 5.41 Å². The van der Waals surface area contributed by atoms with Gasteiger partial charge in [-0.1, -0.05) is 0 Å². The molecule has 25 heavy (non-hydrogen) atoms. The van der Waals surface area contributed by atoms with Crippen LogP contribution in [0.5, 0.6) is 0 Å². The molecule has 2 aliphatic heterocycles. The minimum Gasteiger partial charge on any atom is -0.436 e. The third-order valence-corrected chi connectivity index (χ3v) is 5.52. The molecule has 3 heterocycles. The summed E-state index contributed by atoms with van der Waals surface area (Å²) in [6.45, 7) is 6.94. The van der Waals surface area contributed by atoms with Crippen LogP contribution in [0.4, 0.5) is 0 Å². The van der Waals surface area contributed by atoms with Gasteiger partial charge < -0.3 is 19.0 Å². The molecule has 2 saturated heterocycles. The van der Waals surface area contributed by atoms with Gasteiger partial charge in [0, 0.05) is 46.6 Å². The molecule has 1 spiro atoms. The molecule has 7 nitrogen and oxygen atoms in total. The van der Waals surface area contributed by atoms with Crippen LogP contribution in [-0.2, 0) is 9.53 Å². The van der Waals surface area contributed by atoms with Gasteiger partial charge in [0.15, 0.2) is 5.89 Å². The number of methoxy groups -OCH3 is 1. The Morgan fingerprint density at radius 3 is 2.60 bits per heavy atom. The largest absolute Gasteiger partial charge is 0.436 e. The quantitative estimate of drug-likeness (QED) is 0.828. The molecule has 3 rings (SSSR count). The van der Waals surface area contributed by atoms with Crippen molar-refractivity contribution in [3.8, 4) is 0 Å². The summed E-state index contributed by atoms with van der Waals surface area (Å²) in [5, 5.41) is 0. The number of oxazole rings is 1. The zero-order valence-corrected chi connectivity index (χ0v) is 15.3. The van der Waals surface area contributed by atoms with Gasteiger partial charge in [0.2, 0.25) is 11.7 Å². The van der Waals surface area contributed by atoms with E-state index < -0.39 is 0 Å². The second kappa shape index (κ2) is 7.15. The zero-order valence-electron chi connectivity index (χ0n) is 15.3. The number of likely N-dealkylation sites (tertiary alicyclic amines) is 2. The molecule has 2 amide bonds. The molecule has 0 aliphatic carbocycles. The first-order valence-electron chi connectivity index (χ1n) is 8.94. The fourth-order valence-corrected chi connectivity index (χ4v) is 3.97. The van der Waals surface area contributed by atoms with E-state index in [0.29, 0.717) is 50.0 Å². The van der Waals surface area contributed by atoms with E-state index in [1.54, 1.807) is 21.0 Å². The summed E-state index contributed by atoms with van der Waals surface area (Å²) >= 11 is 0. The molecule has 138 valence electrons. The van der Waals surface area contributed by atoms with Crippen molar-refractivity contribution in [3.63, 3.8) is 0 Å². The number of aromatic nitrogens is 1. The van der Waals surface area contributed by atoms with Crippen LogP contribution in [0.2, 0.25) is 0 Å². The van der Waals surface area contributed by atoms with Crippen LogP contribution < -0.4 is 0 Å². The van der Waals surface area contributed by atoms with Gasteiger partial charge in [-0.15, -0.1) is 0 Å². The van der Waals surface area contributed by atoms with Crippen LogP contribution in [0, 0.1) is 19.3 Å². The summed E-state index contributed by atoms with van der Waals surface area (Å²) in [5.74, 6) is 1.02. The Labute approximate surface area is 148 Å². The third kappa shape index (κ3) is 3.71. The van der Waals surface area contributed by atoms with Gasteiger partial charge in [-0.05, 0) is 31.6 Å². The number of amides is 2. The predicted octanol–water partition coefficient (Wildman–Crippen LogP) is 1.78. The number of nitrogens with zero attached hydrogens (tertiary/aromatic N) is 3. The van der Waals surface area contributed by atoms with E-state index in [4.69, 9.17) is 9.15 Å². The lowest BCUT2D eigenvalue weighted by Gasteiger charge is -2.47. The Balaban J connectivity index is 1.62. The fourth-order valence-electron chi connectivity index (χ4n) is 3.97. The number of hydrogen-bond acceptors (Lipinski definition) is 5. The lowest BCUT2D eigenvalue weighted by Crippen LogP contribution is -2.52. The van der Waals surface area contributed by atoms with Gasteiger partial charge in [0.05, 0.1) is 12.3 Å². The van der Waals surface area contributed by atoms with Crippen molar-refractivity contribution >= 4 is 11.8 Å². The van der Waals surface area contributed by atoms with E-state index in [0.717, 1.165) is 25.8 Å². The van der Waals surface area contributed by atoms with Crippen molar-refractivity contribution in [3.05, 3.63) is 17.3 Å². The van der Waals surface area contributed by atoms with Gasteiger partial charge in [0.25, 0.3) is 5.91 Å². The van der Waals surface area contributed by atoms with Crippen LogP contribution in [0.25, 0.3) is 0 Å². The SMILES string of the molecule is COCCN1CC2(CCC1=O)CCN(C(=O)c1oc(C)nc1C)CC2. The van der Waals surface area contributed by atoms with Gasteiger partial charge in [-0.3, -0.25) is 9.59 Å². The van der Waals surface area contributed by atoms with Gasteiger partial charge in [-0.25, -0.2) is 4.98 Å². The molecule has 1 aromatic rings. The highest BCUT2D eigenvalue weighted by Gasteiger charge is 2.42. The summed E-state index contributed by atoms with van der Waals surface area (Å²) in [5.41, 5.74) is 0.780. The first-order chi connectivity index (χ1) is 11.9. The van der Waals surface area contributed by atoms with E-state index in [1.807, 2.05) is 9.80 Å². The molecule has 7 heteroatoms. The molecule has 2 aliphatic rings. The molecule has 0 N–H and O–H groups in total. The minimum atomic E-state index is -0.0731. The first kappa shape index (κ1) is 17.9. The molecule has 0 radical (unpaired) electrons. The standard InChI is InChI=1S/C18H27N3O4/c1-13-16(25-14(2)19-13)17(23)20-8-6-18(7-9-20)5-4-15(22)21(12-18)10-11-24-3/h4-12H2,1-3H3. The van der Waals surface area contributed by atoms with Gasteiger partial charge >= 0.3 is 0 Å².